The van der Waals surface area contributed by atoms with Crippen LogP contribution < -0.4 is 10.6 Å². The Kier molecular flexibility index (Phi) is 5.59. The zero-order valence-corrected chi connectivity index (χ0v) is 10.5. The van der Waals surface area contributed by atoms with E-state index >= 15 is 0 Å². The summed E-state index contributed by atoms with van der Waals surface area (Å²) in [5.41, 5.74) is 0. The summed E-state index contributed by atoms with van der Waals surface area (Å²) in [4.78, 5) is 2.63. The fourth-order valence-corrected chi connectivity index (χ4v) is 2.82. The van der Waals surface area contributed by atoms with E-state index in [0.717, 1.165) is 6.04 Å². The van der Waals surface area contributed by atoms with Gasteiger partial charge in [-0.05, 0) is 64.8 Å². The molecule has 2 N–H and O–H groups in total. The predicted octanol–water partition coefficient (Wildman–Crippen LogP) is 1.20. The molecule has 0 saturated carbocycles. The van der Waals surface area contributed by atoms with E-state index in [-0.39, 0.29) is 0 Å². The minimum atomic E-state index is 0.732. The average molecular weight is 225 g/mol. The number of likely N-dealkylation sites (tertiary alicyclic amines) is 1. The molecule has 2 fully saturated rings. The van der Waals surface area contributed by atoms with Crippen LogP contribution in [0.1, 0.15) is 38.5 Å². The normalized spacial score (nSPS) is 28.1. The van der Waals surface area contributed by atoms with E-state index in [0.29, 0.717) is 0 Å². The van der Waals surface area contributed by atoms with Crippen LogP contribution in [-0.2, 0) is 0 Å². The van der Waals surface area contributed by atoms with Gasteiger partial charge in [0, 0.05) is 12.6 Å². The Bertz CT molecular complexity index is 152. The van der Waals surface area contributed by atoms with Gasteiger partial charge in [0.25, 0.3) is 0 Å². The summed E-state index contributed by atoms with van der Waals surface area (Å²) >= 11 is 0. The van der Waals surface area contributed by atoms with E-state index < -0.39 is 0 Å². The molecule has 1 unspecified atom stereocenters. The molecular formula is C13H27N3. The van der Waals surface area contributed by atoms with Crippen LogP contribution >= 0.6 is 0 Å². The molecule has 0 aliphatic carbocycles. The van der Waals surface area contributed by atoms with Crippen molar-refractivity contribution < 1.29 is 0 Å². The third-order valence-corrected chi connectivity index (χ3v) is 3.83. The number of hydrogen-bond donors (Lipinski definition) is 2. The molecule has 94 valence electrons. The van der Waals surface area contributed by atoms with Crippen molar-refractivity contribution in [1.29, 1.82) is 0 Å². The summed E-state index contributed by atoms with van der Waals surface area (Å²) in [6.45, 7) is 7.56. The van der Waals surface area contributed by atoms with Crippen molar-refractivity contribution in [2.75, 3.05) is 39.3 Å². The van der Waals surface area contributed by atoms with Crippen molar-refractivity contribution in [2.24, 2.45) is 0 Å². The summed E-state index contributed by atoms with van der Waals surface area (Å²) < 4.78 is 0. The van der Waals surface area contributed by atoms with E-state index in [4.69, 9.17) is 0 Å². The van der Waals surface area contributed by atoms with Gasteiger partial charge in [-0.3, -0.25) is 0 Å². The van der Waals surface area contributed by atoms with Crippen LogP contribution in [0.5, 0.6) is 0 Å². The Morgan fingerprint density at radius 2 is 2.00 bits per heavy atom. The zero-order valence-electron chi connectivity index (χ0n) is 10.5. The van der Waals surface area contributed by atoms with Gasteiger partial charge in [0.2, 0.25) is 0 Å². The number of rotatable bonds is 5. The summed E-state index contributed by atoms with van der Waals surface area (Å²) in [6.07, 6.45) is 8.29. The molecule has 2 heterocycles. The lowest BCUT2D eigenvalue weighted by Gasteiger charge is -2.27. The van der Waals surface area contributed by atoms with Crippen LogP contribution in [-0.4, -0.2) is 50.2 Å². The monoisotopic (exact) mass is 225 g/mol. The maximum absolute atomic E-state index is 3.67. The average Bonchev–Trinajstić information content (AvgIpc) is 2.37. The molecule has 16 heavy (non-hydrogen) atoms. The maximum atomic E-state index is 3.67. The molecule has 2 saturated heterocycles. The summed E-state index contributed by atoms with van der Waals surface area (Å²) in [6, 6.07) is 0.732. The van der Waals surface area contributed by atoms with Crippen LogP contribution in [0.3, 0.4) is 0 Å². The van der Waals surface area contributed by atoms with Gasteiger partial charge >= 0.3 is 0 Å². The Hall–Kier alpha value is -0.120. The van der Waals surface area contributed by atoms with Crippen molar-refractivity contribution in [3.63, 3.8) is 0 Å². The van der Waals surface area contributed by atoms with Crippen molar-refractivity contribution in [3.05, 3.63) is 0 Å². The van der Waals surface area contributed by atoms with E-state index in [1.54, 1.807) is 0 Å². The van der Waals surface area contributed by atoms with Gasteiger partial charge in [-0.25, -0.2) is 0 Å². The molecule has 0 bridgehead atoms. The van der Waals surface area contributed by atoms with Gasteiger partial charge in [-0.15, -0.1) is 0 Å². The van der Waals surface area contributed by atoms with Crippen LogP contribution in [0.25, 0.3) is 0 Å². The van der Waals surface area contributed by atoms with E-state index in [1.165, 1.54) is 77.8 Å². The van der Waals surface area contributed by atoms with Crippen molar-refractivity contribution in [3.8, 4) is 0 Å². The van der Waals surface area contributed by atoms with E-state index in [9.17, 15) is 0 Å². The first-order chi connectivity index (χ1) is 7.95. The molecule has 3 nitrogen and oxygen atoms in total. The van der Waals surface area contributed by atoms with Crippen LogP contribution in [0.4, 0.5) is 0 Å². The molecule has 0 aromatic heterocycles. The van der Waals surface area contributed by atoms with Gasteiger partial charge in [-0.2, -0.15) is 0 Å². The quantitative estimate of drug-likeness (QED) is 0.689. The smallest absolute Gasteiger partial charge is 0.0192 e. The molecule has 2 aliphatic heterocycles. The largest absolute Gasteiger partial charge is 0.315 e. The highest BCUT2D eigenvalue weighted by Crippen LogP contribution is 2.08. The van der Waals surface area contributed by atoms with E-state index in [1.807, 2.05) is 0 Å². The van der Waals surface area contributed by atoms with Gasteiger partial charge in [0.1, 0.15) is 0 Å². The first kappa shape index (κ1) is 12.3. The molecular weight excluding hydrogens is 198 g/mol. The molecule has 0 aromatic carbocycles. The second kappa shape index (κ2) is 7.25. The summed E-state index contributed by atoms with van der Waals surface area (Å²) in [5, 5.41) is 7.12. The lowest BCUT2D eigenvalue weighted by Crippen LogP contribution is -2.44. The second-order valence-corrected chi connectivity index (χ2v) is 5.25. The fourth-order valence-electron chi connectivity index (χ4n) is 2.82. The first-order valence-corrected chi connectivity index (χ1v) is 7.11. The number of piperidine rings is 2. The molecule has 0 amide bonds. The molecule has 0 aromatic rings. The standard InChI is InChI=1S/C13H27N3/c1-2-9-16(10-3-1)11-5-8-15-13-6-4-7-14-12-13/h13-15H,1-12H2. The number of hydrogen-bond acceptors (Lipinski definition) is 3. The molecule has 1 atom stereocenters. The van der Waals surface area contributed by atoms with Crippen molar-refractivity contribution in [2.45, 2.75) is 44.6 Å². The minimum Gasteiger partial charge on any atom is -0.315 e. The Balaban J connectivity index is 1.47. The molecule has 0 spiro atoms. The lowest BCUT2D eigenvalue weighted by atomic mass is 10.1. The predicted molar refractivity (Wildman–Crippen MR) is 68.8 cm³/mol. The van der Waals surface area contributed by atoms with Gasteiger partial charge in [0.15, 0.2) is 0 Å². The molecule has 3 heteroatoms. The van der Waals surface area contributed by atoms with Crippen LogP contribution in [0, 0.1) is 0 Å². The van der Waals surface area contributed by atoms with Crippen LogP contribution in [0.15, 0.2) is 0 Å². The van der Waals surface area contributed by atoms with E-state index in [2.05, 4.69) is 15.5 Å². The highest BCUT2D eigenvalue weighted by Gasteiger charge is 2.12. The highest BCUT2D eigenvalue weighted by molar-refractivity contribution is 4.75. The minimum absolute atomic E-state index is 0.732. The third kappa shape index (κ3) is 4.40. The number of nitrogens with zero attached hydrogens (tertiary/aromatic N) is 1. The Morgan fingerprint density at radius 3 is 2.75 bits per heavy atom. The molecule has 2 aliphatic rings. The van der Waals surface area contributed by atoms with Crippen molar-refractivity contribution >= 4 is 0 Å². The molecule has 0 radical (unpaired) electrons. The van der Waals surface area contributed by atoms with Gasteiger partial charge < -0.3 is 15.5 Å². The summed E-state index contributed by atoms with van der Waals surface area (Å²) in [7, 11) is 0. The number of nitrogens with one attached hydrogen (secondary N) is 2. The second-order valence-electron chi connectivity index (χ2n) is 5.25. The summed E-state index contributed by atoms with van der Waals surface area (Å²) in [5.74, 6) is 0. The van der Waals surface area contributed by atoms with Gasteiger partial charge in [-0.1, -0.05) is 6.42 Å². The fraction of sp³-hybridized carbons (Fsp3) is 1.00. The van der Waals surface area contributed by atoms with Gasteiger partial charge in [0.05, 0.1) is 0 Å². The molecule has 2 rings (SSSR count). The maximum Gasteiger partial charge on any atom is 0.0192 e. The zero-order chi connectivity index (χ0) is 11.1. The highest BCUT2D eigenvalue weighted by atomic mass is 15.1. The SMILES string of the molecule is C1CCN(CCCNC2CCCNC2)CC1. The lowest BCUT2D eigenvalue weighted by molar-refractivity contribution is 0.224. The topological polar surface area (TPSA) is 27.3 Å². The van der Waals surface area contributed by atoms with Crippen molar-refractivity contribution in [1.82, 2.24) is 15.5 Å². The Morgan fingerprint density at radius 1 is 1.12 bits per heavy atom. The third-order valence-electron chi connectivity index (χ3n) is 3.83. The Labute approximate surface area is 100.0 Å². The first-order valence-electron chi connectivity index (χ1n) is 7.11. The van der Waals surface area contributed by atoms with Crippen LogP contribution in [0.2, 0.25) is 0 Å².